The fourth-order valence-corrected chi connectivity index (χ4v) is 7.22. The number of phosphoric acid groups is 6. The van der Waals surface area contributed by atoms with Crippen LogP contribution in [0.2, 0.25) is 0 Å². The normalized spacial score (nSPS) is 18.7. The number of hydrogen-bond donors (Lipinski definition) is 29. The SMILES string of the molecule is N.N.N.N.N.N.N.N.N.N.N.N.N.N.Nc1ccccc1.O=P(O)(O)O[C@H]1[C@H](OP(=O)(O)O)[C@@H](OP(=O)(O)O)[C@H](OP(=O)(O)O)[C@@H](OP(=O)(O)O)[C@H]1OP(=O)(O)O.O=S(=O)(O)OOS(=O)(=O)O. The van der Waals surface area contributed by atoms with E-state index in [4.69, 9.17) is 73.6 Å². The number of hydrogen-bond acceptors (Lipinski definition) is 33. The molecule has 67 heavy (non-hydrogen) atoms. The molecule has 0 aromatic heterocycles. The number of nitrogen functional groups attached to an aromatic ring is 1. The van der Waals surface area contributed by atoms with E-state index in [-0.39, 0.29) is 86.1 Å². The van der Waals surface area contributed by atoms with Crippen molar-refractivity contribution in [1.29, 1.82) is 0 Å². The Kier molecular flexibility index (Phi) is 64.7. The Labute approximate surface area is 379 Å². The zero-order valence-electron chi connectivity index (χ0n) is 34.4. The van der Waals surface area contributed by atoms with Crippen LogP contribution < -0.4 is 91.8 Å². The minimum atomic E-state index is -6.02. The lowest BCUT2D eigenvalue weighted by molar-refractivity contribution is -0.202. The van der Waals surface area contributed by atoms with Gasteiger partial charge in [0.05, 0.1) is 0 Å². The summed E-state index contributed by atoms with van der Waals surface area (Å²) in [5, 5.41) is 0. The Balaban J connectivity index is -0.0000000574. The van der Waals surface area contributed by atoms with Crippen LogP contribution in [0.25, 0.3) is 0 Å². The first kappa shape index (κ1) is 107. The van der Waals surface area contributed by atoms with Crippen LogP contribution in [0.1, 0.15) is 0 Å². The summed E-state index contributed by atoms with van der Waals surface area (Å²) in [7, 11) is -46.1. The maximum Gasteiger partial charge on any atom is 0.470 e. The fourth-order valence-electron chi connectivity index (χ4n) is 3.32. The highest BCUT2D eigenvalue weighted by molar-refractivity contribution is 7.83. The molecular weight excluding hydrogens is 1120 g/mol. The summed E-state index contributed by atoms with van der Waals surface area (Å²) in [5.41, 5.74) is 6.18. The lowest BCUT2D eigenvalue weighted by Gasteiger charge is -2.48. The first-order valence-electron chi connectivity index (χ1n) is 11.7. The van der Waals surface area contributed by atoms with Crippen molar-refractivity contribution in [2.75, 3.05) is 5.73 Å². The van der Waals surface area contributed by atoms with Gasteiger partial charge >= 0.3 is 67.7 Å². The molecular formula is C12H69N15O32P6S2. The Morgan fingerprint density at radius 3 is 0.552 bits per heavy atom. The number of rotatable bonds is 15. The van der Waals surface area contributed by atoms with Crippen molar-refractivity contribution in [3.8, 4) is 0 Å². The van der Waals surface area contributed by atoms with Crippen molar-refractivity contribution >= 4 is 73.4 Å². The molecule has 1 aromatic rings. The zero-order chi connectivity index (χ0) is 42.2. The summed E-state index contributed by atoms with van der Waals surface area (Å²) in [5.74, 6) is 0. The largest absolute Gasteiger partial charge is 0.470 e. The van der Waals surface area contributed by atoms with Gasteiger partial charge in [0.2, 0.25) is 0 Å². The molecule has 1 saturated carbocycles. The second-order valence-electron chi connectivity index (χ2n) is 8.77. The highest BCUT2D eigenvalue weighted by Gasteiger charge is 2.62. The minimum absolute atomic E-state index is 0. The van der Waals surface area contributed by atoms with Crippen LogP contribution in [0.4, 0.5) is 5.69 Å². The van der Waals surface area contributed by atoms with Crippen molar-refractivity contribution in [2.45, 2.75) is 36.6 Å². The Morgan fingerprint density at radius 2 is 0.478 bits per heavy atom. The van der Waals surface area contributed by atoms with Gasteiger partial charge in [-0.15, -0.1) is 0 Å². The Morgan fingerprint density at radius 1 is 0.343 bits per heavy atom. The number of para-hydroxylation sites is 1. The zero-order valence-corrected chi connectivity index (χ0v) is 41.4. The lowest BCUT2D eigenvalue weighted by Crippen LogP contribution is -2.66. The van der Waals surface area contributed by atoms with Crippen molar-refractivity contribution in [3.63, 3.8) is 0 Å². The van der Waals surface area contributed by atoms with Crippen LogP contribution in [0.5, 0.6) is 0 Å². The molecule has 1 aliphatic rings. The molecule has 0 aliphatic heterocycles. The van der Waals surface area contributed by atoms with Crippen LogP contribution in [0.15, 0.2) is 30.3 Å². The van der Waals surface area contributed by atoms with Gasteiger partial charge in [0.1, 0.15) is 36.6 Å². The van der Waals surface area contributed by atoms with Crippen molar-refractivity contribution in [1.82, 2.24) is 86.1 Å². The Bertz CT molecular complexity index is 1620. The van der Waals surface area contributed by atoms with E-state index in [1.807, 2.05) is 30.3 Å². The molecule has 426 valence electrons. The molecule has 0 unspecified atom stereocenters. The molecule has 1 aliphatic carbocycles. The summed E-state index contributed by atoms with van der Waals surface area (Å²) in [4.78, 5) is 110. The molecule has 58 N–H and O–H groups in total. The molecule has 0 saturated heterocycles. The van der Waals surface area contributed by atoms with E-state index in [1.165, 1.54) is 0 Å². The van der Waals surface area contributed by atoms with Crippen LogP contribution in [-0.4, -0.2) is 121 Å². The van der Waals surface area contributed by atoms with Gasteiger partial charge in [0.25, 0.3) is 0 Å². The van der Waals surface area contributed by atoms with Gasteiger partial charge in [-0.2, -0.15) is 16.8 Å². The second-order valence-corrected chi connectivity index (χ2v) is 17.9. The molecule has 2 rings (SSSR count). The van der Waals surface area contributed by atoms with Crippen LogP contribution in [0.3, 0.4) is 0 Å². The number of nitrogens with two attached hydrogens (primary N) is 1. The van der Waals surface area contributed by atoms with E-state index >= 15 is 0 Å². The van der Waals surface area contributed by atoms with Crippen LogP contribution >= 0.6 is 46.9 Å². The number of benzene rings is 1. The van der Waals surface area contributed by atoms with E-state index < -0.39 is 104 Å². The van der Waals surface area contributed by atoms with Gasteiger partial charge in [0.15, 0.2) is 0 Å². The highest BCUT2D eigenvalue weighted by atomic mass is 32.3. The summed E-state index contributed by atoms with van der Waals surface area (Å²) >= 11 is 0. The highest BCUT2D eigenvalue weighted by Crippen LogP contribution is 2.57. The smallest absolute Gasteiger partial charge is 0.399 e. The molecule has 0 bridgehead atoms. The molecule has 0 radical (unpaired) electrons. The summed E-state index contributed by atoms with van der Waals surface area (Å²) in [6.07, 6.45) is -18.9. The van der Waals surface area contributed by atoms with Gasteiger partial charge < -0.3 is 151 Å². The van der Waals surface area contributed by atoms with Crippen molar-refractivity contribution in [3.05, 3.63) is 30.3 Å². The summed E-state index contributed by atoms with van der Waals surface area (Å²) in [6.45, 7) is 0. The molecule has 0 spiro atoms. The van der Waals surface area contributed by atoms with Gasteiger partial charge in [-0.3, -0.25) is 36.2 Å². The predicted molar refractivity (Wildman–Crippen MR) is 228 cm³/mol. The van der Waals surface area contributed by atoms with Gasteiger partial charge in [-0.25, -0.2) is 27.4 Å². The molecule has 1 aromatic carbocycles. The quantitative estimate of drug-likeness (QED) is 0.0327. The molecule has 1 fully saturated rings. The first-order chi connectivity index (χ1) is 23.2. The Hall–Kier alpha value is -1.14. The molecule has 47 nitrogen and oxygen atoms in total. The average molecular weight is 1190 g/mol. The van der Waals surface area contributed by atoms with Gasteiger partial charge in [0, 0.05) is 5.69 Å². The predicted octanol–water partition coefficient (Wildman–Crippen LogP) is -1.06. The second kappa shape index (κ2) is 40.5. The van der Waals surface area contributed by atoms with Gasteiger partial charge in [-0.05, 0) is 12.1 Å². The lowest BCUT2D eigenvalue weighted by atomic mass is 9.85. The number of anilines is 1. The molecule has 0 amide bonds. The van der Waals surface area contributed by atoms with Gasteiger partial charge in [-0.1, -0.05) is 26.9 Å². The van der Waals surface area contributed by atoms with E-state index in [0.29, 0.717) is 0 Å². The third kappa shape index (κ3) is 55.7. The third-order valence-electron chi connectivity index (χ3n) is 4.50. The maximum absolute atomic E-state index is 11.4. The first-order valence-corrected chi connectivity index (χ1v) is 23.6. The van der Waals surface area contributed by atoms with E-state index in [9.17, 15) is 44.2 Å². The van der Waals surface area contributed by atoms with Crippen LogP contribution in [0, 0.1) is 0 Å². The van der Waals surface area contributed by atoms with E-state index in [2.05, 4.69) is 35.8 Å². The van der Waals surface area contributed by atoms with E-state index in [1.54, 1.807) is 0 Å². The third-order valence-corrected chi connectivity index (χ3v) is 8.17. The topological polar surface area (TPSA) is 1040 Å². The minimum Gasteiger partial charge on any atom is -0.399 e. The van der Waals surface area contributed by atoms with E-state index in [0.717, 1.165) is 5.69 Å². The monoisotopic (exact) mass is 1190 g/mol. The maximum atomic E-state index is 11.4. The number of phosphoric ester groups is 6. The van der Waals surface area contributed by atoms with Crippen LogP contribution in [-0.2, 0) is 84.0 Å². The van der Waals surface area contributed by atoms with Crippen molar-refractivity contribution < 1.29 is 148 Å². The fraction of sp³-hybridized carbons (Fsp3) is 0.500. The molecule has 0 heterocycles. The average Bonchev–Trinajstić information content (AvgIpc) is 2.85. The van der Waals surface area contributed by atoms with Crippen molar-refractivity contribution in [2.24, 2.45) is 0 Å². The summed E-state index contributed by atoms with van der Waals surface area (Å²) < 4.78 is 152. The standard InChI is InChI=1S/C6H7N.C6H18O24P6.14H3N.H2O8S2/c7-6-4-2-1-3-5-6;7-31(8,9)25-1-2(26-32(10,11)12)4(28-34(16,17)18)6(30-36(22,23)24)5(29-35(19,20)21)3(1)27-33(13,14)15;;;;;;;;;;;;;;;1-9(2,3)7-8-10(4,5)6/h1-5H,7H2;1-6H,(H2,7,8,9)(H2,10,11,12)(H2,13,14,15)(H2,16,17,18)(H2,19,20,21)(H2,22,23,24);14*1H3;(H,1,2,3)(H,4,5,6)/t;1-,2-,3-,4+,5-,6-;;;;;;;;;;;;;;;. The summed E-state index contributed by atoms with van der Waals surface area (Å²) in [6, 6.07) is 9.49. The molecule has 0 atom stereocenters. The molecule has 55 heteroatoms.